The van der Waals surface area contributed by atoms with Crippen LogP contribution in [0.5, 0.6) is 0 Å². The van der Waals surface area contributed by atoms with E-state index >= 15 is 0 Å². The molecule has 2 amide bonds. The van der Waals surface area contributed by atoms with E-state index in [1.807, 2.05) is 30.3 Å². The van der Waals surface area contributed by atoms with Crippen LogP contribution in [-0.2, 0) is 4.79 Å². The van der Waals surface area contributed by atoms with Crippen molar-refractivity contribution in [2.24, 2.45) is 5.92 Å². The van der Waals surface area contributed by atoms with Crippen molar-refractivity contribution in [2.45, 2.75) is 45.2 Å². The number of nitrogens with zero attached hydrogens (tertiary/aromatic N) is 1. The van der Waals surface area contributed by atoms with Gasteiger partial charge in [-0.3, -0.25) is 14.5 Å². The lowest BCUT2D eigenvalue weighted by atomic mass is 9.98. The monoisotopic (exact) mass is 441 g/mol. The molecule has 0 aliphatic carbocycles. The predicted molar refractivity (Wildman–Crippen MR) is 125 cm³/mol. The van der Waals surface area contributed by atoms with Crippen LogP contribution in [0.25, 0.3) is 0 Å². The molecule has 31 heavy (non-hydrogen) atoms. The summed E-state index contributed by atoms with van der Waals surface area (Å²) in [6.45, 7) is 7.22. The fourth-order valence-electron chi connectivity index (χ4n) is 3.94. The molecule has 5 nitrogen and oxygen atoms in total. The molecular weight excluding hydrogens is 410 g/mol. The fourth-order valence-corrected chi connectivity index (χ4v) is 4.16. The van der Waals surface area contributed by atoms with Crippen LogP contribution < -0.4 is 10.6 Å². The van der Waals surface area contributed by atoms with E-state index in [1.165, 1.54) is 12.8 Å². The van der Waals surface area contributed by atoms with E-state index in [0.29, 0.717) is 23.2 Å². The van der Waals surface area contributed by atoms with Crippen molar-refractivity contribution in [3.63, 3.8) is 0 Å². The van der Waals surface area contributed by atoms with Crippen LogP contribution in [0.4, 0.5) is 0 Å². The van der Waals surface area contributed by atoms with Crippen LogP contribution in [-0.4, -0.2) is 42.4 Å². The number of likely N-dealkylation sites (tertiary alicyclic amines) is 1. The Labute approximate surface area is 190 Å². The van der Waals surface area contributed by atoms with Gasteiger partial charge in [0.1, 0.15) is 0 Å². The molecule has 2 atom stereocenters. The molecule has 2 aromatic rings. The van der Waals surface area contributed by atoms with Crippen molar-refractivity contribution < 1.29 is 9.59 Å². The van der Waals surface area contributed by atoms with Gasteiger partial charge in [-0.1, -0.05) is 61.0 Å². The molecule has 0 spiro atoms. The molecule has 2 aromatic carbocycles. The van der Waals surface area contributed by atoms with Crippen molar-refractivity contribution >= 4 is 23.4 Å². The minimum Gasteiger partial charge on any atom is -0.354 e. The lowest BCUT2D eigenvalue weighted by molar-refractivity contribution is -0.121. The van der Waals surface area contributed by atoms with Gasteiger partial charge in [0.25, 0.3) is 5.91 Å². The van der Waals surface area contributed by atoms with E-state index in [9.17, 15) is 9.59 Å². The molecule has 1 aliphatic rings. The molecule has 1 aliphatic heterocycles. The Balaban J connectivity index is 1.60. The fraction of sp³-hybridized carbons (Fsp3) is 0.440. The maximum absolute atomic E-state index is 12.8. The zero-order valence-electron chi connectivity index (χ0n) is 18.3. The van der Waals surface area contributed by atoms with Crippen LogP contribution >= 0.6 is 11.6 Å². The molecule has 3 rings (SSSR count). The number of nitrogens with one attached hydrogen (secondary N) is 2. The summed E-state index contributed by atoms with van der Waals surface area (Å²) in [6, 6.07) is 16.3. The standard InChI is InChI=1S/C25H32ClN3O2/c1-18-12-14-29(15-13-18)19(2)17-27-24(30)16-23(20-8-4-3-5-9-20)28-25(31)21-10-6-7-11-22(21)26/h3-11,18-19,23H,12-17H2,1-2H3,(H,27,30)(H,28,31)/t19-,23+/m0/s1. The zero-order chi connectivity index (χ0) is 22.2. The van der Waals surface area contributed by atoms with E-state index < -0.39 is 6.04 Å². The second kappa shape index (κ2) is 11.3. The number of hydrogen-bond acceptors (Lipinski definition) is 3. The molecule has 0 aromatic heterocycles. The summed E-state index contributed by atoms with van der Waals surface area (Å²) in [4.78, 5) is 28.0. The topological polar surface area (TPSA) is 61.4 Å². The number of benzene rings is 2. The molecule has 0 saturated carbocycles. The Morgan fingerprint density at radius 1 is 1.06 bits per heavy atom. The second-order valence-corrected chi connectivity index (χ2v) is 8.90. The Hall–Kier alpha value is -2.37. The van der Waals surface area contributed by atoms with Crippen molar-refractivity contribution in [1.82, 2.24) is 15.5 Å². The molecule has 2 N–H and O–H groups in total. The number of carbonyl (C=O) groups is 2. The van der Waals surface area contributed by atoms with E-state index in [-0.39, 0.29) is 18.2 Å². The van der Waals surface area contributed by atoms with E-state index in [2.05, 4.69) is 29.4 Å². The third kappa shape index (κ3) is 6.81. The minimum absolute atomic E-state index is 0.0782. The van der Waals surface area contributed by atoms with Gasteiger partial charge >= 0.3 is 0 Å². The van der Waals surface area contributed by atoms with E-state index in [4.69, 9.17) is 11.6 Å². The molecule has 6 heteroatoms. The summed E-state index contributed by atoms with van der Waals surface area (Å²) in [5, 5.41) is 6.43. The van der Waals surface area contributed by atoms with Gasteiger partial charge < -0.3 is 10.6 Å². The van der Waals surface area contributed by atoms with Gasteiger partial charge in [-0.15, -0.1) is 0 Å². The molecule has 0 unspecified atom stereocenters. The largest absolute Gasteiger partial charge is 0.354 e. The summed E-state index contributed by atoms with van der Waals surface area (Å²) in [5.74, 6) is 0.417. The normalized spacial score (nSPS) is 17.0. The highest BCUT2D eigenvalue weighted by molar-refractivity contribution is 6.33. The zero-order valence-corrected chi connectivity index (χ0v) is 19.1. The Kier molecular flexibility index (Phi) is 8.50. The van der Waals surface area contributed by atoms with Crippen molar-refractivity contribution in [3.8, 4) is 0 Å². The first kappa shape index (κ1) is 23.3. The van der Waals surface area contributed by atoms with Gasteiger partial charge in [-0.25, -0.2) is 0 Å². The van der Waals surface area contributed by atoms with E-state index in [1.54, 1.807) is 24.3 Å². The smallest absolute Gasteiger partial charge is 0.253 e. The summed E-state index contributed by atoms with van der Waals surface area (Å²) in [6.07, 6.45) is 2.59. The SMILES string of the molecule is CC1CCN([C@@H](C)CNC(=O)C[C@@H](NC(=O)c2ccccc2Cl)c2ccccc2)CC1. The van der Waals surface area contributed by atoms with Crippen LogP contribution in [0.2, 0.25) is 5.02 Å². The first-order valence-corrected chi connectivity index (χ1v) is 11.4. The van der Waals surface area contributed by atoms with Gasteiger partial charge in [-0.2, -0.15) is 0 Å². The second-order valence-electron chi connectivity index (χ2n) is 8.49. The van der Waals surface area contributed by atoms with Gasteiger partial charge in [-0.05, 0) is 56.5 Å². The molecular formula is C25H32ClN3O2. The summed E-state index contributed by atoms with van der Waals surface area (Å²) < 4.78 is 0. The Morgan fingerprint density at radius 3 is 2.39 bits per heavy atom. The Bertz CT molecular complexity index is 866. The van der Waals surface area contributed by atoms with Gasteiger partial charge in [0.15, 0.2) is 0 Å². The number of amides is 2. The van der Waals surface area contributed by atoms with Crippen molar-refractivity contribution in [1.29, 1.82) is 0 Å². The maximum atomic E-state index is 12.8. The highest BCUT2D eigenvalue weighted by atomic mass is 35.5. The Morgan fingerprint density at radius 2 is 1.71 bits per heavy atom. The molecule has 166 valence electrons. The third-order valence-electron chi connectivity index (χ3n) is 6.05. The molecule has 1 heterocycles. The third-order valence-corrected chi connectivity index (χ3v) is 6.38. The molecule has 0 bridgehead atoms. The van der Waals surface area contributed by atoms with Crippen LogP contribution in [0.1, 0.15) is 55.1 Å². The lowest BCUT2D eigenvalue weighted by Crippen LogP contribution is -2.46. The lowest BCUT2D eigenvalue weighted by Gasteiger charge is -2.35. The van der Waals surface area contributed by atoms with Crippen molar-refractivity contribution in [2.75, 3.05) is 19.6 Å². The van der Waals surface area contributed by atoms with Crippen LogP contribution in [0.15, 0.2) is 54.6 Å². The number of hydrogen-bond donors (Lipinski definition) is 2. The average Bonchev–Trinajstić information content (AvgIpc) is 2.78. The quantitative estimate of drug-likeness (QED) is 0.636. The van der Waals surface area contributed by atoms with Gasteiger partial charge in [0.05, 0.1) is 23.0 Å². The molecule has 1 fully saturated rings. The minimum atomic E-state index is -0.434. The average molecular weight is 442 g/mol. The van der Waals surface area contributed by atoms with E-state index in [0.717, 1.165) is 24.6 Å². The summed E-state index contributed by atoms with van der Waals surface area (Å²) >= 11 is 6.18. The van der Waals surface area contributed by atoms with Crippen molar-refractivity contribution in [3.05, 3.63) is 70.7 Å². The summed E-state index contributed by atoms with van der Waals surface area (Å²) in [7, 11) is 0. The van der Waals surface area contributed by atoms with Crippen LogP contribution in [0.3, 0.4) is 0 Å². The number of rotatable bonds is 8. The first-order valence-electron chi connectivity index (χ1n) is 11.0. The molecule has 1 saturated heterocycles. The number of carbonyl (C=O) groups excluding carboxylic acids is 2. The van der Waals surface area contributed by atoms with Crippen LogP contribution in [0, 0.1) is 5.92 Å². The van der Waals surface area contributed by atoms with Gasteiger partial charge in [0.2, 0.25) is 5.91 Å². The number of halogens is 1. The molecule has 0 radical (unpaired) electrons. The maximum Gasteiger partial charge on any atom is 0.253 e. The van der Waals surface area contributed by atoms with Gasteiger partial charge in [0, 0.05) is 12.6 Å². The highest BCUT2D eigenvalue weighted by Gasteiger charge is 2.23. The number of piperidine rings is 1. The summed E-state index contributed by atoms with van der Waals surface area (Å²) in [5.41, 5.74) is 1.29. The predicted octanol–water partition coefficient (Wildman–Crippen LogP) is 4.44. The first-order chi connectivity index (χ1) is 14.9. The highest BCUT2D eigenvalue weighted by Crippen LogP contribution is 2.21.